The molecule has 0 radical (unpaired) electrons. The van der Waals surface area contributed by atoms with E-state index in [0.29, 0.717) is 0 Å². The van der Waals surface area contributed by atoms with Gasteiger partial charge in [-0.3, -0.25) is 9.59 Å². The van der Waals surface area contributed by atoms with Gasteiger partial charge in [-0.1, -0.05) is 25.1 Å². The van der Waals surface area contributed by atoms with Crippen molar-refractivity contribution in [2.45, 2.75) is 53.0 Å². The van der Waals surface area contributed by atoms with Crippen molar-refractivity contribution >= 4 is 11.9 Å². The zero-order valence-corrected chi connectivity index (χ0v) is 13.6. The standard InChI is InChI=1S/C17H25NO3/c1-6-17(4,5)18-15(19)11-21-16(20)10-14-8-7-12(2)13(3)9-14/h7-9H,6,10-11H2,1-5H3,(H,18,19). The van der Waals surface area contributed by atoms with E-state index in [2.05, 4.69) is 5.32 Å². The molecule has 4 nitrogen and oxygen atoms in total. The summed E-state index contributed by atoms with van der Waals surface area (Å²) in [6.45, 7) is 9.66. The third-order valence-corrected chi connectivity index (χ3v) is 3.65. The maximum absolute atomic E-state index is 11.7. The minimum Gasteiger partial charge on any atom is -0.455 e. The SMILES string of the molecule is CCC(C)(C)NC(=O)COC(=O)Cc1ccc(C)c(C)c1. The van der Waals surface area contributed by atoms with E-state index in [4.69, 9.17) is 4.74 Å². The van der Waals surface area contributed by atoms with E-state index in [9.17, 15) is 9.59 Å². The molecule has 0 atom stereocenters. The summed E-state index contributed by atoms with van der Waals surface area (Å²) in [4.78, 5) is 23.4. The fraction of sp³-hybridized carbons (Fsp3) is 0.529. The first kappa shape index (κ1) is 17.2. The molecule has 1 aromatic rings. The maximum atomic E-state index is 11.7. The highest BCUT2D eigenvalue weighted by Gasteiger charge is 2.18. The van der Waals surface area contributed by atoms with E-state index in [-0.39, 0.29) is 30.4 Å². The van der Waals surface area contributed by atoms with Crippen LogP contribution in [0.4, 0.5) is 0 Å². The molecule has 1 rings (SSSR count). The third-order valence-electron chi connectivity index (χ3n) is 3.65. The predicted molar refractivity (Wildman–Crippen MR) is 83.1 cm³/mol. The van der Waals surface area contributed by atoms with Crippen LogP contribution >= 0.6 is 0 Å². The first-order valence-electron chi connectivity index (χ1n) is 7.26. The average Bonchev–Trinajstić information content (AvgIpc) is 2.40. The molecule has 0 aliphatic heterocycles. The zero-order chi connectivity index (χ0) is 16.0. The number of hydrogen-bond acceptors (Lipinski definition) is 3. The lowest BCUT2D eigenvalue weighted by Gasteiger charge is -2.24. The molecule has 1 amide bonds. The van der Waals surface area contributed by atoms with Crippen LogP contribution in [0, 0.1) is 13.8 Å². The summed E-state index contributed by atoms with van der Waals surface area (Å²) in [7, 11) is 0. The fourth-order valence-corrected chi connectivity index (χ4v) is 1.78. The van der Waals surface area contributed by atoms with Gasteiger partial charge in [0.15, 0.2) is 6.61 Å². The van der Waals surface area contributed by atoms with Crippen molar-refractivity contribution in [3.63, 3.8) is 0 Å². The summed E-state index contributed by atoms with van der Waals surface area (Å²) in [5, 5.41) is 2.83. The smallest absolute Gasteiger partial charge is 0.310 e. The largest absolute Gasteiger partial charge is 0.455 e. The Morgan fingerprint density at radius 1 is 1.19 bits per heavy atom. The number of amides is 1. The lowest BCUT2D eigenvalue weighted by Crippen LogP contribution is -2.44. The van der Waals surface area contributed by atoms with Gasteiger partial charge in [-0.25, -0.2) is 0 Å². The summed E-state index contributed by atoms with van der Waals surface area (Å²) in [6, 6.07) is 5.86. The maximum Gasteiger partial charge on any atom is 0.310 e. The number of carbonyl (C=O) groups is 2. The number of rotatable bonds is 6. The van der Waals surface area contributed by atoms with Crippen molar-refractivity contribution in [1.82, 2.24) is 5.32 Å². The molecule has 21 heavy (non-hydrogen) atoms. The van der Waals surface area contributed by atoms with Crippen LogP contribution in [0.1, 0.15) is 43.9 Å². The molecule has 1 N–H and O–H groups in total. The molecule has 4 heteroatoms. The lowest BCUT2D eigenvalue weighted by atomic mass is 10.0. The molecule has 0 spiro atoms. The van der Waals surface area contributed by atoms with Gasteiger partial charge in [0.1, 0.15) is 0 Å². The van der Waals surface area contributed by atoms with Gasteiger partial charge < -0.3 is 10.1 Å². The fourth-order valence-electron chi connectivity index (χ4n) is 1.78. The first-order chi connectivity index (χ1) is 9.73. The highest BCUT2D eigenvalue weighted by molar-refractivity contribution is 5.81. The summed E-state index contributed by atoms with van der Waals surface area (Å²) >= 11 is 0. The summed E-state index contributed by atoms with van der Waals surface area (Å²) in [6.07, 6.45) is 1.00. The Labute approximate surface area is 126 Å². The summed E-state index contributed by atoms with van der Waals surface area (Å²) in [5.74, 6) is -0.655. The summed E-state index contributed by atoms with van der Waals surface area (Å²) < 4.78 is 5.02. The van der Waals surface area contributed by atoms with E-state index in [1.165, 1.54) is 5.56 Å². The van der Waals surface area contributed by atoms with Gasteiger partial charge >= 0.3 is 5.97 Å². The van der Waals surface area contributed by atoms with Crippen molar-refractivity contribution < 1.29 is 14.3 Å². The van der Waals surface area contributed by atoms with Crippen LogP contribution in [0.3, 0.4) is 0 Å². The first-order valence-corrected chi connectivity index (χ1v) is 7.26. The lowest BCUT2D eigenvalue weighted by molar-refractivity contribution is -0.148. The second kappa shape index (κ2) is 7.25. The Morgan fingerprint density at radius 2 is 1.86 bits per heavy atom. The van der Waals surface area contributed by atoms with E-state index < -0.39 is 0 Å². The number of aryl methyl sites for hydroxylation is 2. The van der Waals surface area contributed by atoms with Gasteiger partial charge in [-0.2, -0.15) is 0 Å². The molecule has 0 aliphatic carbocycles. The van der Waals surface area contributed by atoms with Gasteiger partial charge in [0.2, 0.25) is 0 Å². The number of ether oxygens (including phenoxy) is 1. The van der Waals surface area contributed by atoms with Crippen molar-refractivity contribution in [2.24, 2.45) is 0 Å². The Balaban J connectivity index is 2.44. The van der Waals surface area contributed by atoms with Gasteiger partial charge in [0, 0.05) is 5.54 Å². The normalized spacial score (nSPS) is 11.1. The zero-order valence-electron chi connectivity index (χ0n) is 13.6. The minimum absolute atomic E-state index is 0.186. The second-order valence-electron chi connectivity index (χ2n) is 6.04. The summed E-state index contributed by atoms with van der Waals surface area (Å²) in [5.41, 5.74) is 2.95. The van der Waals surface area contributed by atoms with Crippen molar-refractivity contribution in [3.05, 3.63) is 34.9 Å². The van der Waals surface area contributed by atoms with Crippen LogP contribution in [0.25, 0.3) is 0 Å². The number of esters is 1. The molecular formula is C17H25NO3. The molecule has 0 saturated heterocycles. The number of hydrogen-bond donors (Lipinski definition) is 1. The van der Waals surface area contributed by atoms with Crippen LogP contribution in [0.2, 0.25) is 0 Å². The number of carbonyl (C=O) groups excluding carboxylic acids is 2. The molecule has 0 heterocycles. The van der Waals surface area contributed by atoms with Gasteiger partial charge in [0.05, 0.1) is 6.42 Å². The Bertz CT molecular complexity index is 521. The van der Waals surface area contributed by atoms with Crippen LogP contribution in [-0.2, 0) is 20.7 Å². The van der Waals surface area contributed by atoms with Crippen molar-refractivity contribution in [1.29, 1.82) is 0 Å². The quantitative estimate of drug-likeness (QED) is 0.820. The predicted octanol–water partition coefficient (Wildman–Crippen LogP) is 2.69. The highest BCUT2D eigenvalue weighted by atomic mass is 16.5. The van der Waals surface area contributed by atoms with Gasteiger partial charge in [0.25, 0.3) is 5.91 Å². The monoisotopic (exact) mass is 291 g/mol. The molecule has 0 aliphatic rings. The molecule has 0 saturated carbocycles. The molecule has 116 valence electrons. The third kappa shape index (κ3) is 5.98. The molecule has 1 aromatic carbocycles. The number of nitrogens with one attached hydrogen (secondary N) is 1. The molecule has 0 unspecified atom stereocenters. The van der Waals surface area contributed by atoms with Crippen LogP contribution in [0.5, 0.6) is 0 Å². The van der Waals surface area contributed by atoms with Crippen molar-refractivity contribution in [2.75, 3.05) is 6.61 Å². The van der Waals surface area contributed by atoms with Gasteiger partial charge in [-0.15, -0.1) is 0 Å². The topological polar surface area (TPSA) is 55.4 Å². The van der Waals surface area contributed by atoms with Crippen LogP contribution in [0.15, 0.2) is 18.2 Å². The van der Waals surface area contributed by atoms with E-state index in [0.717, 1.165) is 17.5 Å². The second-order valence-corrected chi connectivity index (χ2v) is 6.04. The number of benzene rings is 1. The van der Waals surface area contributed by atoms with E-state index in [1.807, 2.05) is 52.8 Å². The average molecular weight is 291 g/mol. The van der Waals surface area contributed by atoms with E-state index >= 15 is 0 Å². The Morgan fingerprint density at radius 3 is 2.43 bits per heavy atom. The van der Waals surface area contributed by atoms with Crippen molar-refractivity contribution in [3.8, 4) is 0 Å². The highest BCUT2D eigenvalue weighted by Crippen LogP contribution is 2.11. The molecule has 0 bridgehead atoms. The molecule has 0 fully saturated rings. The minimum atomic E-state index is -0.386. The Kier molecular flexibility index (Phi) is 5.94. The Hall–Kier alpha value is -1.84. The van der Waals surface area contributed by atoms with Gasteiger partial charge in [-0.05, 0) is 50.8 Å². The van der Waals surface area contributed by atoms with Crippen LogP contribution in [-0.4, -0.2) is 24.0 Å². The molecular weight excluding hydrogens is 266 g/mol. The van der Waals surface area contributed by atoms with E-state index in [1.54, 1.807) is 0 Å². The molecule has 0 aromatic heterocycles. The van der Waals surface area contributed by atoms with Crippen LogP contribution < -0.4 is 5.32 Å².